The number of carbonyl (C=O) groups is 4. The number of nitrogens with one attached hydrogen (secondary N) is 1. The van der Waals surface area contributed by atoms with Gasteiger partial charge in [0.2, 0.25) is 18.0 Å². The summed E-state index contributed by atoms with van der Waals surface area (Å²) < 4.78 is 49.0. The second-order valence-corrected chi connectivity index (χ2v) is 12.5. The summed E-state index contributed by atoms with van der Waals surface area (Å²) in [5, 5.41) is 1.93. The smallest absolute Gasteiger partial charge is 0.308 e. The van der Waals surface area contributed by atoms with Gasteiger partial charge in [0, 0.05) is 25.4 Å². The lowest BCUT2D eigenvalue weighted by Crippen LogP contribution is -2.69. The number of rotatable bonds is 7. The summed E-state index contributed by atoms with van der Waals surface area (Å²) in [6, 6.07) is 0. The zero-order valence-electron chi connectivity index (χ0n) is 24.6. The van der Waals surface area contributed by atoms with Gasteiger partial charge in [-0.25, -0.2) is 14.2 Å². The van der Waals surface area contributed by atoms with E-state index in [9.17, 15) is 23.6 Å². The van der Waals surface area contributed by atoms with E-state index in [4.69, 9.17) is 38.2 Å². The molecule has 0 aromatic heterocycles. The maximum Gasteiger partial charge on any atom is 0.308 e. The molecular weight excluding hydrogens is 573 g/mol. The van der Waals surface area contributed by atoms with E-state index in [1.165, 1.54) is 7.11 Å². The van der Waals surface area contributed by atoms with E-state index in [-0.39, 0.29) is 30.6 Å². The normalized spacial score (nSPS) is 45.5. The molecule has 2 bridgehead atoms. The number of methoxy groups -OCH3 is 1. The van der Waals surface area contributed by atoms with Gasteiger partial charge in [0.05, 0.1) is 24.9 Å². The molecule has 238 valence electrons. The Labute approximate surface area is 247 Å². The molecule has 6 aliphatic heterocycles. The molecule has 0 aromatic rings. The molecule has 5 saturated heterocycles. The molecule has 1 saturated carbocycles. The Hall–Kier alpha value is -2.49. The van der Waals surface area contributed by atoms with Crippen LogP contribution < -0.4 is 5.32 Å². The average Bonchev–Trinajstić information content (AvgIpc) is 3.11. The molecule has 1 N–H and O–H groups in total. The Balaban J connectivity index is 1.05. The van der Waals surface area contributed by atoms with Crippen LogP contribution in [-0.2, 0) is 57.4 Å². The molecule has 0 aromatic carbocycles. The fourth-order valence-electron chi connectivity index (χ4n) is 7.65. The monoisotopic (exact) mass is 611 g/mol. The van der Waals surface area contributed by atoms with Crippen molar-refractivity contribution in [2.24, 2.45) is 23.7 Å². The summed E-state index contributed by atoms with van der Waals surface area (Å²) in [5.41, 5.74) is -0.758. The van der Waals surface area contributed by atoms with Crippen molar-refractivity contribution >= 4 is 23.8 Å². The minimum absolute atomic E-state index is 0.00845. The lowest BCUT2D eigenvalue weighted by atomic mass is 9.61. The fraction of sp³-hybridized carbons (Fsp3) is 0.793. The Morgan fingerprint density at radius 3 is 2.53 bits per heavy atom. The molecule has 12 atom stereocenters. The summed E-state index contributed by atoms with van der Waals surface area (Å²) in [7, 11) is 1.34. The molecule has 43 heavy (non-hydrogen) atoms. The fourth-order valence-corrected chi connectivity index (χ4v) is 7.65. The van der Waals surface area contributed by atoms with Crippen molar-refractivity contribution in [3.8, 4) is 0 Å². The van der Waals surface area contributed by atoms with Gasteiger partial charge in [0.1, 0.15) is 12.2 Å². The van der Waals surface area contributed by atoms with E-state index in [1.807, 2.05) is 19.2 Å². The second kappa shape index (κ2) is 11.5. The third-order valence-corrected chi connectivity index (χ3v) is 9.88. The van der Waals surface area contributed by atoms with Crippen molar-refractivity contribution in [1.82, 2.24) is 5.32 Å². The van der Waals surface area contributed by atoms with E-state index in [0.29, 0.717) is 6.42 Å². The highest BCUT2D eigenvalue weighted by Gasteiger charge is 2.68. The van der Waals surface area contributed by atoms with Crippen LogP contribution in [0.3, 0.4) is 0 Å². The van der Waals surface area contributed by atoms with Gasteiger partial charge in [0.15, 0.2) is 23.8 Å². The summed E-state index contributed by atoms with van der Waals surface area (Å²) in [6.07, 6.45) is -0.497. The topological polar surface area (TPSA) is 154 Å². The average molecular weight is 612 g/mol. The van der Waals surface area contributed by atoms with Gasteiger partial charge in [-0.15, -0.1) is 0 Å². The number of imide groups is 1. The van der Waals surface area contributed by atoms with Crippen LogP contribution in [0.2, 0.25) is 0 Å². The molecule has 6 fully saturated rings. The summed E-state index contributed by atoms with van der Waals surface area (Å²) in [5.74, 6) is -6.44. The molecule has 0 radical (unpaired) electrons. The molecule has 2 amide bonds. The molecule has 13 nitrogen and oxygen atoms in total. The third kappa shape index (κ3) is 5.29. The summed E-state index contributed by atoms with van der Waals surface area (Å²) in [4.78, 5) is 61.3. The van der Waals surface area contributed by atoms with Crippen molar-refractivity contribution in [2.75, 3.05) is 7.11 Å². The first-order chi connectivity index (χ1) is 20.5. The van der Waals surface area contributed by atoms with Crippen molar-refractivity contribution in [2.45, 2.75) is 114 Å². The van der Waals surface area contributed by atoms with Crippen LogP contribution in [0.15, 0.2) is 11.9 Å². The van der Waals surface area contributed by atoms with Gasteiger partial charge >= 0.3 is 11.9 Å². The Morgan fingerprint density at radius 2 is 1.79 bits per heavy atom. The van der Waals surface area contributed by atoms with Gasteiger partial charge in [-0.2, -0.15) is 0 Å². The SMILES string of the molecule is CO[C@H]1[C@@H]([C@@H]2C=C(F)C(=O)NC2=O)O[C@H](C)[C@H]1OC(=O)CCC(=O)O[C@@H]1O[C@@H]2OC3(C)CCC4CCC[C@@H]([C@H]1C)C42OO3. The van der Waals surface area contributed by atoms with Crippen LogP contribution in [0, 0.1) is 23.7 Å². The largest absolute Gasteiger partial charge is 0.457 e. The van der Waals surface area contributed by atoms with Crippen LogP contribution in [0.4, 0.5) is 4.39 Å². The van der Waals surface area contributed by atoms with Crippen molar-refractivity contribution in [1.29, 1.82) is 0 Å². The Bertz CT molecular complexity index is 1200. The lowest BCUT2D eigenvalue weighted by molar-refractivity contribution is -0.575. The number of ether oxygens (including phenoxy) is 6. The standard InChI is InChI=1S/C29H38FNO12/c1-13-17-7-5-6-15-10-11-28(3)41-27(29(15,17)43-42-28)40-26(13)39-20(33)9-8-19(32)38-21-14(2)37-22(23(21)36-4)16-12-18(30)25(35)31-24(16)34/h12-17,21-23,26-27H,5-11H2,1-4H3,(H,31,34,35)/t13-,14-,15?,16+,17+,21-,22-,23-,26-,27-,28?,29?/m1/s1. The van der Waals surface area contributed by atoms with Crippen LogP contribution in [0.25, 0.3) is 0 Å². The van der Waals surface area contributed by atoms with E-state index in [1.54, 1.807) is 6.92 Å². The number of amides is 2. The quantitative estimate of drug-likeness (QED) is 0.255. The van der Waals surface area contributed by atoms with E-state index in [2.05, 4.69) is 0 Å². The maximum atomic E-state index is 13.9. The van der Waals surface area contributed by atoms with Crippen molar-refractivity contribution < 1.29 is 61.8 Å². The van der Waals surface area contributed by atoms with Gasteiger partial charge < -0.3 is 28.4 Å². The highest BCUT2D eigenvalue weighted by molar-refractivity contribution is 6.07. The predicted octanol–water partition coefficient (Wildman–Crippen LogP) is 2.11. The Morgan fingerprint density at radius 1 is 1.05 bits per heavy atom. The first kappa shape index (κ1) is 30.5. The first-order valence-corrected chi connectivity index (χ1v) is 15.0. The number of hydrogen-bond acceptors (Lipinski definition) is 12. The van der Waals surface area contributed by atoms with Gasteiger partial charge in [-0.05, 0) is 45.1 Å². The molecule has 7 rings (SSSR count). The van der Waals surface area contributed by atoms with Crippen LogP contribution in [0.1, 0.15) is 65.7 Å². The van der Waals surface area contributed by atoms with Crippen LogP contribution >= 0.6 is 0 Å². The van der Waals surface area contributed by atoms with Gasteiger partial charge in [0.25, 0.3) is 5.91 Å². The van der Waals surface area contributed by atoms with Gasteiger partial charge in [-0.3, -0.25) is 24.5 Å². The van der Waals surface area contributed by atoms with Crippen LogP contribution in [-0.4, -0.2) is 79.2 Å². The molecule has 3 unspecified atom stereocenters. The molecule has 6 heterocycles. The molecule has 1 spiro atoms. The van der Waals surface area contributed by atoms with E-state index >= 15 is 0 Å². The zero-order chi connectivity index (χ0) is 30.7. The lowest BCUT2D eigenvalue weighted by Gasteiger charge is -2.58. The minimum Gasteiger partial charge on any atom is -0.457 e. The number of carbonyl (C=O) groups excluding carboxylic acids is 4. The molecule has 7 aliphatic rings. The third-order valence-electron chi connectivity index (χ3n) is 9.88. The summed E-state index contributed by atoms with van der Waals surface area (Å²) in [6.45, 7) is 5.39. The second-order valence-electron chi connectivity index (χ2n) is 12.5. The number of halogens is 1. The number of esters is 2. The van der Waals surface area contributed by atoms with Gasteiger partial charge in [-0.1, -0.05) is 13.3 Å². The highest BCUT2D eigenvalue weighted by Crippen LogP contribution is 2.59. The predicted molar refractivity (Wildman–Crippen MR) is 138 cm³/mol. The molecular formula is C29H38FNO12. The molecule has 14 heteroatoms. The van der Waals surface area contributed by atoms with Crippen molar-refractivity contribution in [3.63, 3.8) is 0 Å². The maximum absolute atomic E-state index is 13.9. The van der Waals surface area contributed by atoms with Crippen molar-refractivity contribution in [3.05, 3.63) is 11.9 Å². The zero-order valence-corrected chi connectivity index (χ0v) is 24.6. The van der Waals surface area contributed by atoms with E-state index in [0.717, 1.165) is 31.8 Å². The Kier molecular flexibility index (Phi) is 8.14. The van der Waals surface area contributed by atoms with E-state index < -0.39 is 83.9 Å². The van der Waals surface area contributed by atoms with Crippen LogP contribution in [0.5, 0.6) is 0 Å². The minimum atomic E-state index is -1.16. The number of hydrogen-bond donors (Lipinski definition) is 1. The number of fused-ring (bicyclic) bond motifs is 2. The summed E-state index contributed by atoms with van der Waals surface area (Å²) >= 11 is 0. The molecule has 1 aliphatic carbocycles. The first-order valence-electron chi connectivity index (χ1n) is 15.0. The highest BCUT2D eigenvalue weighted by atomic mass is 19.1.